The molecule has 0 aliphatic rings. The average Bonchev–Trinajstić information content (AvgIpc) is 2.90. The topological polar surface area (TPSA) is 74.4 Å². The third-order valence-corrected chi connectivity index (χ3v) is 3.86. The van der Waals surface area contributed by atoms with Crippen LogP contribution < -0.4 is 10.1 Å². The molecule has 0 spiro atoms. The fraction of sp³-hybridized carbons (Fsp3) is 0.211. The van der Waals surface area contributed by atoms with E-state index in [0.29, 0.717) is 17.9 Å². The first-order chi connectivity index (χ1) is 11.7. The Hall–Kier alpha value is -2.79. The fourth-order valence-corrected chi connectivity index (χ4v) is 2.73. The smallest absolute Gasteiger partial charge is 0.228 e. The van der Waals surface area contributed by atoms with Crippen molar-refractivity contribution in [2.45, 2.75) is 13.3 Å². The SMILES string of the molecule is Cc1[nH]c2ccccc2c1CC(=O)Nc1ccc(OCCO)cc1. The van der Waals surface area contributed by atoms with Gasteiger partial charge in [-0.05, 0) is 42.8 Å². The van der Waals surface area contributed by atoms with Crippen LogP contribution in [0.4, 0.5) is 5.69 Å². The highest BCUT2D eigenvalue weighted by molar-refractivity contribution is 5.96. The van der Waals surface area contributed by atoms with E-state index in [-0.39, 0.29) is 19.1 Å². The minimum atomic E-state index is -0.0631. The van der Waals surface area contributed by atoms with Crippen LogP contribution in [0.25, 0.3) is 10.9 Å². The van der Waals surface area contributed by atoms with Crippen LogP contribution in [0.5, 0.6) is 5.75 Å². The molecule has 0 fully saturated rings. The zero-order valence-electron chi connectivity index (χ0n) is 13.5. The molecule has 0 unspecified atom stereocenters. The number of benzene rings is 2. The Morgan fingerprint density at radius 2 is 1.92 bits per heavy atom. The molecule has 1 amide bonds. The number of carbonyl (C=O) groups is 1. The van der Waals surface area contributed by atoms with Crippen molar-refractivity contribution in [3.8, 4) is 5.75 Å². The number of aromatic nitrogens is 1. The van der Waals surface area contributed by atoms with Gasteiger partial charge in [-0.15, -0.1) is 0 Å². The molecule has 3 rings (SSSR count). The maximum Gasteiger partial charge on any atom is 0.228 e. The van der Waals surface area contributed by atoms with Crippen LogP contribution in [0.2, 0.25) is 0 Å². The molecule has 5 nitrogen and oxygen atoms in total. The Kier molecular flexibility index (Phi) is 4.82. The van der Waals surface area contributed by atoms with Crippen molar-refractivity contribution in [1.29, 1.82) is 0 Å². The van der Waals surface area contributed by atoms with E-state index in [1.807, 2.05) is 31.2 Å². The van der Waals surface area contributed by atoms with E-state index >= 15 is 0 Å². The Balaban J connectivity index is 1.68. The van der Waals surface area contributed by atoms with Crippen molar-refractivity contribution in [3.63, 3.8) is 0 Å². The lowest BCUT2D eigenvalue weighted by Crippen LogP contribution is -2.14. The number of nitrogens with one attached hydrogen (secondary N) is 2. The quantitative estimate of drug-likeness (QED) is 0.652. The third-order valence-electron chi connectivity index (χ3n) is 3.86. The van der Waals surface area contributed by atoms with Crippen LogP contribution in [0.1, 0.15) is 11.3 Å². The van der Waals surface area contributed by atoms with E-state index in [9.17, 15) is 4.79 Å². The van der Waals surface area contributed by atoms with Crippen LogP contribution in [-0.4, -0.2) is 29.2 Å². The van der Waals surface area contributed by atoms with Gasteiger partial charge in [0.15, 0.2) is 0 Å². The number of aryl methyl sites for hydroxylation is 1. The lowest BCUT2D eigenvalue weighted by molar-refractivity contribution is -0.115. The second-order valence-corrected chi connectivity index (χ2v) is 5.60. The molecule has 0 saturated heterocycles. The number of hydrogen-bond donors (Lipinski definition) is 3. The van der Waals surface area contributed by atoms with Crippen molar-refractivity contribution < 1.29 is 14.6 Å². The first kappa shape index (κ1) is 16.1. The number of aliphatic hydroxyl groups excluding tert-OH is 1. The zero-order valence-corrected chi connectivity index (χ0v) is 13.5. The number of aromatic amines is 1. The molecule has 24 heavy (non-hydrogen) atoms. The van der Waals surface area contributed by atoms with Gasteiger partial charge in [0.1, 0.15) is 12.4 Å². The molecular formula is C19H20N2O3. The first-order valence-electron chi connectivity index (χ1n) is 7.87. The highest BCUT2D eigenvalue weighted by Crippen LogP contribution is 2.23. The standard InChI is InChI=1S/C19H20N2O3/c1-13-17(16-4-2-3-5-18(16)20-13)12-19(23)21-14-6-8-15(9-7-14)24-11-10-22/h2-9,20,22H,10-12H2,1H3,(H,21,23). The van der Waals surface area contributed by atoms with Gasteiger partial charge in [-0.1, -0.05) is 18.2 Å². The predicted octanol–water partition coefficient (Wildman–Crippen LogP) is 3.03. The molecular weight excluding hydrogens is 304 g/mol. The zero-order chi connectivity index (χ0) is 16.9. The second-order valence-electron chi connectivity index (χ2n) is 5.60. The van der Waals surface area contributed by atoms with E-state index in [4.69, 9.17) is 9.84 Å². The van der Waals surface area contributed by atoms with Gasteiger partial charge in [-0.25, -0.2) is 0 Å². The molecule has 0 saturated carbocycles. The van der Waals surface area contributed by atoms with Crippen molar-refractivity contribution in [1.82, 2.24) is 4.98 Å². The van der Waals surface area contributed by atoms with Gasteiger partial charge in [-0.2, -0.15) is 0 Å². The summed E-state index contributed by atoms with van der Waals surface area (Å²) in [4.78, 5) is 15.6. The van der Waals surface area contributed by atoms with Gasteiger partial charge in [0.25, 0.3) is 0 Å². The monoisotopic (exact) mass is 324 g/mol. The number of ether oxygens (including phenoxy) is 1. The summed E-state index contributed by atoms with van der Waals surface area (Å²) in [5.41, 5.74) is 3.79. The molecule has 1 aromatic heterocycles. The number of fused-ring (bicyclic) bond motifs is 1. The Morgan fingerprint density at radius 1 is 1.17 bits per heavy atom. The molecule has 3 aromatic rings. The Labute approximate surface area is 140 Å². The molecule has 0 radical (unpaired) electrons. The van der Waals surface area contributed by atoms with Gasteiger partial charge in [0.05, 0.1) is 13.0 Å². The van der Waals surface area contributed by atoms with Crippen molar-refractivity contribution >= 4 is 22.5 Å². The maximum absolute atomic E-state index is 12.3. The summed E-state index contributed by atoms with van der Waals surface area (Å²) in [6, 6.07) is 15.1. The van der Waals surface area contributed by atoms with E-state index < -0.39 is 0 Å². The van der Waals surface area contributed by atoms with Gasteiger partial charge in [0.2, 0.25) is 5.91 Å². The largest absolute Gasteiger partial charge is 0.491 e. The molecule has 1 heterocycles. The second kappa shape index (κ2) is 7.19. The summed E-state index contributed by atoms with van der Waals surface area (Å²) >= 11 is 0. The maximum atomic E-state index is 12.3. The molecule has 0 aliphatic heterocycles. The van der Waals surface area contributed by atoms with Crippen LogP contribution in [-0.2, 0) is 11.2 Å². The number of para-hydroxylation sites is 1. The minimum Gasteiger partial charge on any atom is -0.491 e. The lowest BCUT2D eigenvalue weighted by atomic mass is 10.1. The summed E-state index contributed by atoms with van der Waals surface area (Å²) in [7, 11) is 0. The van der Waals surface area contributed by atoms with E-state index in [1.165, 1.54) is 0 Å². The number of carbonyl (C=O) groups excluding carboxylic acids is 1. The summed E-state index contributed by atoms with van der Waals surface area (Å²) in [5, 5.41) is 12.7. The van der Waals surface area contributed by atoms with Gasteiger partial charge < -0.3 is 20.1 Å². The number of anilines is 1. The van der Waals surface area contributed by atoms with Crippen LogP contribution in [0.15, 0.2) is 48.5 Å². The van der Waals surface area contributed by atoms with Crippen molar-refractivity contribution in [3.05, 3.63) is 59.8 Å². The average molecular weight is 324 g/mol. The third kappa shape index (κ3) is 3.58. The number of H-pyrrole nitrogens is 1. The van der Waals surface area contributed by atoms with Gasteiger partial charge in [0, 0.05) is 22.3 Å². The normalized spacial score (nSPS) is 10.8. The number of rotatable bonds is 6. The van der Waals surface area contributed by atoms with Crippen molar-refractivity contribution in [2.75, 3.05) is 18.5 Å². The Bertz CT molecular complexity index is 837. The number of hydrogen-bond acceptors (Lipinski definition) is 3. The highest BCUT2D eigenvalue weighted by Gasteiger charge is 2.12. The summed E-state index contributed by atoms with van der Waals surface area (Å²) < 4.78 is 5.30. The number of aliphatic hydroxyl groups is 1. The highest BCUT2D eigenvalue weighted by atomic mass is 16.5. The molecule has 0 atom stereocenters. The predicted molar refractivity (Wildman–Crippen MR) is 94.4 cm³/mol. The van der Waals surface area contributed by atoms with Crippen LogP contribution >= 0.6 is 0 Å². The molecule has 0 bridgehead atoms. The fourth-order valence-electron chi connectivity index (χ4n) is 2.73. The molecule has 2 aromatic carbocycles. The summed E-state index contributed by atoms with van der Waals surface area (Å²) in [6.45, 7) is 2.21. The molecule has 124 valence electrons. The molecule has 3 N–H and O–H groups in total. The minimum absolute atomic E-state index is 0.0253. The first-order valence-corrected chi connectivity index (χ1v) is 7.87. The lowest BCUT2D eigenvalue weighted by Gasteiger charge is -2.08. The van der Waals surface area contributed by atoms with E-state index in [2.05, 4.69) is 10.3 Å². The van der Waals surface area contributed by atoms with Gasteiger partial charge in [-0.3, -0.25) is 4.79 Å². The molecule has 5 heteroatoms. The van der Waals surface area contributed by atoms with Gasteiger partial charge >= 0.3 is 0 Å². The Morgan fingerprint density at radius 3 is 2.67 bits per heavy atom. The van der Waals surface area contributed by atoms with E-state index in [0.717, 1.165) is 22.2 Å². The molecule has 0 aliphatic carbocycles. The van der Waals surface area contributed by atoms with Crippen molar-refractivity contribution in [2.24, 2.45) is 0 Å². The van der Waals surface area contributed by atoms with Crippen LogP contribution in [0, 0.1) is 6.92 Å². The summed E-state index contributed by atoms with van der Waals surface area (Å²) in [5.74, 6) is 0.599. The summed E-state index contributed by atoms with van der Waals surface area (Å²) in [6.07, 6.45) is 0.318. The van der Waals surface area contributed by atoms with Crippen LogP contribution in [0.3, 0.4) is 0 Å². The van der Waals surface area contributed by atoms with E-state index in [1.54, 1.807) is 24.3 Å². The number of amides is 1.